The summed E-state index contributed by atoms with van der Waals surface area (Å²) in [5.41, 5.74) is 0. The highest BCUT2D eigenvalue weighted by Gasteiger charge is 2.29. The molecule has 4 heteroatoms. The summed E-state index contributed by atoms with van der Waals surface area (Å²) in [6, 6.07) is 2.18. The van der Waals surface area contributed by atoms with Gasteiger partial charge in [-0.15, -0.1) is 0 Å². The van der Waals surface area contributed by atoms with E-state index in [1.165, 1.54) is 0 Å². The highest BCUT2D eigenvalue weighted by Crippen LogP contribution is 2.17. The van der Waals surface area contributed by atoms with E-state index in [1.807, 2.05) is 0 Å². The maximum atomic E-state index is 9.34. The molecule has 0 unspecified atom stereocenters. The topological polar surface area (TPSA) is 67.5 Å². The molecule has 4 nitrogen and oxygen atoms in total. The fraction of sp³-hybridized carbons (Fsp3) is 0.889. The monoisotopic (exact) mass is 184 g/mol. The van der Waals surface area contributed by atoms with E-state index in [2.05, 4.69) is 11.0 Å². The smallest absolute Gasteiger partial charge is 0.0683 e. The average Bonchev–Trinajstić information content (AvgIpc) is 2.47. The van der Waals surface area contributed by atoms with E-state index in [1.54, 1.807) is 0 Å². The summed E-state index contributed by atoms with van der Waals surface area (Å²) in [6.45, 7) is 1.54. The van der Waals surface area contributed by atoms with E-state index in [0.29, 0.717) is 19.4 Å². The fourth-order valence-electron chi connectivity index (χ4n) is 1.78. The molecule has 0 aromatic carbocycles. The second-order valence-corrected chi connectivity index (χ2v) is 3.48. The molecule has 1 fully saturated rings. The molecule has 0 amide bonds. The van der Waals surface area contributed by atoms with Crippen molar-refractivity contribution in [2.75, 3.05) is 19.7 Å². The Morgan fingerprint density at radius 3 is 2.92 bits per heavy atom. The van der Waals surface area contributed by atoms with Gasteiger partial charge in [0.05, 0.1) is 18.8 Å². The Kier molecular flexibility index (Phi) is 4.16. The van der Waals surface area contributed by atoms with Crippen LogP contribution in [0, 0.1) is 11.3 Å². The standard InChI is InChI=1S/C9H16N2O2/c10-3-1-2-4-11-6-9(13)5-8(11)7-12/h8-9,12-13H,1-2,4-7H2/t8-,9-/m1/s1. The first kappa shape index (κ1) is 10.5. The van der Waals surface area contributed by atoms with E-state index < -0.39 is 0 Å². The number of nitriles is 1. The molecule has 1 heterocycles. The van der Waals surface area contributed by atoms with Gasteiger partial charge < -0.3 is 10.2 Å². The molecule has 0 spiro atoms. The highest BCUT2D eigenvalue weighted by atomic mass is 16.3. The van der Waals surface area contributed by atoms with E-state index in [-0.39, 0.29) is 18.8 Å². The molecule has 0 radical (unpaired) electrons. The summed E-state index contributed by atoms with van der Waals surface area (Å²) >= 11 is 0. The van der Waals surface area contributed by atoms with Crippen molar-refractivity contribution in [2.24, 2.45) is 0 Å². The minimum atomic E-state index is -0.306. The van der Waals surface area contributed by atoms with Crippen LogP contribution in [0.3, 0.4) is 0 Å². The van der Waals surface area contributed by atoms with E-state index in [4.69, 9.17) is 10.4 Å². The number of nitrogens with zero attached hydrogens (tertiary/aromatic N) is 2. The van der Waals surface area contributed by atoms with Crippen LogP contribution in [0.1, 0.15) is 19.3 Å². The maximum Gasteiger partial charge on any atom is 0.0683 e. The van der Waals surface area contributed by atoms with Crippen LogP contribution in [0.2, 0.25) is 0 Å². The SMILES string of the molecule is N#CCCCN1C[C@H](O)C[C@@H]1CO. The first-order valence-electron chi connectivity index (χ1n) is 4.68. The van der Waals surface area contributed by atoms with Gasteiger partial charge in [-0.25, -0.2) is 0 Å². The van der Waals surface area contributed by atoms with Gasteiger partial charge in [0.25, 0.3) is 0 Å². The predicted molar refractivity (Wildman–Crippen MR) is 47.9 cm³/mol. The Labute approximate surface area is 78.4 Å². The third-order valence-corrected chi connectivity index (χ3v) is 2.45. The average molecular weight is 184 g/mol. The van der Waals surface area contributed by atoms with E-state index in [9.17, 15) is 5.11 Å². The molecule has 2 N–H and O–H groups in total. The lowest BCUT2D eigenvalue weighted by atomic mass is 10.2. The number of hydrogen-bond donors (Lipinski definition) is 2. The second-order valence-electron chi connectivity index (χ2n) is 3.48. The minimum absolute atomic E-state index is 0.0914. The summed E-state index contributed by atoms with van der Waals surface area (Å²) in [6.07, 6.45) is 1.72. The minimum Gasteiger partial charge on any atom is -0.395 e. The third-order valence-electron chi connectivity index (χ3n) is 2.45. The lowest BCUT2D eigenvalue weighted by Gasteiger charge is -2.21. The number of likely N-dealkylation sites (tertiary alicyclic amines) is 1. The van der Waals surface area contributed by atoms with Crippen molar-refractivity contribution in [1.29, 1.82) is 5.26 Å². The molecular formula is C9H16N2O2. The molecule has 0 aliphatic carbocycles. The molecule has 74 valence electrons. The molecule has 0 bridgehead atoms. The van der Waals surface area contributed by atoms with Gasteiger partial charge in [0.2, 0.25) is 0 Å². The van der Waals surface area contributed by atoms with Crippen molar-refractivity contribution in [1.82, 2.24) is 4.90 Å². The summed E-state index contributed by atoms with van der Waals surface area (Å²) in [5, 5.41) is 26.7. The highest BCUT2D eigenvalue weighted by molar-refractivity contribution is 4.85. The third kappa shape index (κ3) is 2.96. The lowest BCUT2D eigenvalue weighted by Crippen LogP contribution is -2.33. The van der Waals surface area contributed by atoms with Crippen LogP contribution in [0.25, 0.3) is 0 Å². The van der Waals surface area contributed by atoms with Crippen molar-refractivity contribution in [3.8, 4) is 6.07 Å². The summed E-state index contributed by atoms with van der Waals surface area (Å²) in [4.78, 5) is 2.06. The van der Waals surface area contributed by atoms with Crippen LogP contribution in [-0.2, 0) is 0 Å². The van der Waals surface area contributed by atoms with Crippen LogP contribution in [0.4, 0.5) is 0 Å². The van der Waals surface area contributed by atoms with Crippen molar-refractivity contribution in [2.45, 2.75) is 31.4 Å². The number of rotatable bonds is 4. The zero-order valence-electron chi connectivity index (χ0n) is 7.69. The number of β-amino-alcohol motifs (C(OH)–C–C–N with tert-alkyl or cyclic N) is 1. The Hall–Kier alpha value is -0.630. The van der Waals surface area contributed by atoms with Crippen molar-refractivity contribution in [3.05, 3.63) is 0 Å². The number of aliphatic hydroxyl groups excluding tert-OH is 2. The molecule has 13 heavy (non-hydrogen) atoms. The van der Waals surface area contributed by atoms with Crippen LogP contribution in [0.15, 0.2) is 0 Å². The largest absolute Gasteiger partial charge is 0.395 e. The Morgan fingerprint density at radius 2 is 2.31 bits per heavy atom. The van der Waals surface area contributed by atoms with E-state index >= 15 is 0 Å². The molecule has 1 saturated heterocycles. The number of unbranched alkanes of at least 4 members (excludes halogenated alkanes) is 1. The summed E-state index contributed by atoms with van der Waals surface area (Å²) in [5.74, 6) is 0. The molecule has 0 aromatic rings. The fourth-order valence-corrected chi connectivity index (χ4v) is 1.78. The lowest BCUT2D eigenvalue weighted by molar-refractivity contribution is 0.155. The van der Waals surface area contributed by atoms with Gasteiger partial charge in [0.15, 0.2) is 0 Å². The molecule has 2 atom stereocenters. The zero-order chi connectivity index (χ0) is 9.68. The van der Waals surface area contributed by atoms with E-state index in [0.717, 1.165) is 13.0 Å². The zero-order valence-corrected chi connectivity index (χ0v) is 7.69. The molecule has 0 aromatic heterocycles. The second kappa shape index (κ2) is 5.18. The molecule has 1 rings (SSSR count). The Morgan fingerprint density at radius 1 is 1.54 bits per heavy atom. The van der Waals surface area contributed by atoms with Crippen LogP contribution in [-0.4, -0.2) is 47.0 Å². The van der Waals surface area contributed by atoms with Gasteiger partial charge in [-0.05, 0) is 19.4 Å². The van der Waals surface area contributed by atoms with Gasteiger partial charge in [-0.3, -0.25) is 4.90 Å². The van der Waals surface area contributed by atoms with Crippen LogP contribution >= 0.6 is 0 Å². The van der Waals surface area contributed by atoms with Crippen LogP contribution in [0.5, 0.6) is 0 Å². The van der Waals surface area contributed by atoms with Gasteiger partial charge in [0.1, 0.15) is 0 Å². The van der Waals surface area contributed by atoms with Crippen LogP contribution < -0.4 is 0 Å². The summed E-state index contributed by atoms with van der Waals surface area (Å²) in [7, 11) is 0. The Bertz CT molecular complexity index is 191. The first-order valence-corrected chi connectivity index (χ1v) is 4.68. The molecule has 0 saturated carbocycles. The van der Waals surface area contributed by atoms with Gasteiger partial charge in [0, 0.05) is 19.0 Å². The molecule has 1 aliphatic heterocycles. The molecular weight excluding hydrogens is 168 g/mol. The first-order chi connectivity index (χ1) is 6.27. The maximum absolute atomic E-state index is 9.34. The Balaban J connectivity index is 2.27. The normalized spacial score (nSPS) is 29.0. The quantitative estimate of drug-likeness (QED) is 0.590. The predicted octanol–water partition coefficient (Wildman–Crippen LogP) is -0.282. The number of aliphatic hydroxyl groups is 2. The van der Waals surface area contributed by atoms with Crippen molar-refractivity contribution >= 4 is 0 Å². The summed E-state index contributed by atoms with van der Waals surface area (Å²) < 4.78 is 0. The van der Waals surface area contributed by atoms with Gasteiger partial charge in [-0.2, -0.15) is 5.26 Å². The number of hydrogen-bond acceptors (Lipinski definition) is 4. The van der Waals surface area contributed by atoms with Gasteiger partial charge in [-0.1, -0.05) is 0 Å². The molecule has 1 aliphatic rings. The van der Waals surface area contributed by atoms with Crippen molar-refractivity contribution in [3.63, 3.8) is 0 Å². The van der Waals surface area contributed by atoms with Gasteiger partial charge >= 0.3 is 0 Å². The van der Waals surface area contributed by atoms with Crippen molar-refractivity contribution < 1.29 is 10.2 Å².